The summed E-state index contributed by atoms with van der Waals surface area (Å²) in [6.07, 6.45) is 1.75. The molecule has 16 heteroatoms. The third kappa shape index (κ3) is 4.63. The van der Waals surface area contributed by atoms with E-state index in [2.05, 4.69) is 5.32 Å². The van der Waals surface area contributed by atoms with Crippen LogP contribution in [-0.2, 0) is 30.8 Å². The van der Waals surface area contributed by atoms with Gasteiger partial charge < -0.3 is 31.5 Å². The molecule has 1 aliphatic heterocycles. The molecule has 1 aromatic carbocycles. The van der Waals surface area contributed by atoms with E-state index in [4.69, 9.17) is 5.73 Å². The second-order valence-corrected chi connectivity index (χ2v) is 12.8. The maximum absolute atomic E-state index is 15.4. The summed E-state index contributed by atoms with van der Waals surface area (Å²) in [5.41, 5.74) is -0.891. The first-order valence-corrected chi connectivity index (χ1v) is 15.0. The molecule has 4 aliphatic rings. The van der Waals surface area contributed by atoms with Crippen molar-refractivity contribution >= 4 is 39.1 Å². The van der Waals surface area contributed by atoms with Gasteiger partial charge in [-0.1, -0.05) is 0 Å². The number of hydrogen-bond donors (Lipinski definition) is 7. The molecule has 5 rings (SSSR count). The van der Waals surface area contributed by atoms with Gasteiger partial charge in [0.1, 0.15) is 22.9 Å². The molecule has 4 atom stereocenters. The second kappa shape index (κ2) is 10.1. The molecule has 0 bridgehead atoms. The van der Waals surface area contributed by atoms with Crippen LogP contribution < -0.4 is 15.8 Å². The summed E-state index contributed by atoms with van der Waals surface area (Å²) in [5.74, 6) is -11.7. The lowest BCUT2D eigenvalue weighted by molar-refractivity contribution is -0.145. The molecule has 1 saturated heterocycles. The predicted molar refractivity (Wildman–Crippen MR) is 142 cm³/mol. The molecule has 8 N–H and O–H groups in total. The number of carbonyl (C=O) groups excluding carboxylic acids is 4. The lowest BCUT2D eigenvalue weighted by Crippen LogP contribution is -2.64. The summed E-state index contributed by atoms with van der Waals surface area (Å²) in [6.45, 7) is 1.36. The number of likely N-dealkylation sites (tertiary alicyclic amines) is 1. The van der Waals surface area contributed by atoms with Crippen LogP contribution in [-0.4, -0.2) is 94.7 Å². The SMILES string of the molecule is CS(=O)(=O)N[C@@H]1C(O)=C(C(N)=O)C(=O)[C@@]2(O)C(O)=C3C(=O)c4c(O)c(NC(=O)CN5CCCC5)cc(F)c4C[C@H]3C[C@@H]12. The van der Waals surface area contributed by atoms with Gasteiger partial charge in [-0.05, 0) is 44.7 Å². The van der Waals surface area contributed by atoms with Crippen molar-refractivity contribution in [1.82, 2.24) is 9.62 Å². The number of phenolic OH excluding ortho intramolecular Hbond substituents is 1. The quantitative estimate of drug-likeness (QED) is 0.157. The Morgan fingerprint density at radius 1 is 1.19 bits per heavy atom. The lowest BCUT2D eigenvalue weighted by atomic mass is 9.59. The van der Waals surface area contributed by atoms with Crippen molar-refractivity contribution in [1.29, 1.82) is 0 Å². The van der Waals surface area contributed by atoms with Gasteiger partial charge in [0.25, 0.3) is 5.91 Å². The highest BCUT2D eigenvalue weighted by Crippen LogP contribution is 2.52. The van der Waals surface area contributed by atoms with Gasteiger partial charge in [-0.3, -0.25) is 24.1 Å². The Balaban J connectivity index is 1.59. The fourth-order valence-electron chi connectivity index (χ4n) is 6.49. The number of ketones is 2. The predicted octanol–water partition coefficient (Wildman–Crippen LogP) is -0.718. The Bertz CT molecular complexity index is 1610. The van der Waals surface area contributed by atoms with Crippen molar-refractivity contribution in [3.8, 4) is 5.75 Å². The van der Waals surface area contributed by atoms with Crippen molar-refractivity contribution in [3.63, 3.8) is 0 Å². The molecule has 0 spiro atoms. The van der Waals surface area contributed by atoms with E-state index in [9.17, 15) is 48.0 Å². The summed E-state index contributed by atoms with van der Waals surface area (Å²) >= 11 is 0. The summed E-state index contributed by atoms with van der Waals surface area (Å²) in [4.78, 5) is 53.5. The van der Waals surface area contributed by atoms with Gasteiger partial charge in [-0.2, -0.15) is 0 Å². The van der Waals surface area contributed by atoms with Gasteiger partial charge in [-0.15, -0.1) is 0 Å². The smallest absolute Gasteiger partial charge is 0.255 e. The van der Waals surface area contributed by atoms with E-state index in [0.29, 0.717) is 19.3 Å². The maximum atomic E-state index is 15.4. The Morgan fingerprint density at radius 2 is 1.83 bits per heavy atom. The molecule has 2 amide bonds. The number of fused-ring (bicyclic) bond motifs is 3. The minimum Gasteiger partial charge on any atom is -0.510 e. The number of Topliss-reactive ketones (excluding diaryl/α,β-unsaturated/α-hetero) is 2. The highest BCUT2D eigenvalue weighted by molar-refractivity contribution is 7.88. The molecule has 0 radical (unpaired) electrons. The van der Waals surface area contributed by atoms with Crippen LogP contribution in [0.4, 0.5) is 10.1 Å². The Morgan fingerprint density at radius 3 is 2.43 bits per heavy atom. The average molecular weight is 609 g/mol. The summed E-state index contributed by atoms with van der Waals surface area (Å²) in [5, 5.41) is 46.9. The van der Waals surface area contributed by atoms with E-state index < -0.39 is 109 Å². The molecular weight excluding hydrogens is 579 g/mol. The number of aromatic hydroxyl groups is 1. The van der Waals surface area contributed by atoms with Gasteiger partial charge >= 0.3 is 0 Å². The molecule has 0 saturated carbocycles. The molecule has 1 heterocycles. The Hall–Kier alpha value is -3.86. The number of hydrogen-bond acceptors (Lipinski definition) is 11. The Labute approximate surface area is 238 Å². The second-order valence-electron chi connectivity index (χ2n) is 11.1. The molecule has 14 nitrogen and oxygen atoms in total. The molecular formula is C26H29FN4O10S. The molecule has 226 valence electrons. The normalized spacial score (nSPS) is 27.9. The molecule has 1 fully saturated rings. The fraction of sp³-hybridized carbons (Fsp3) is 0.462. The Kier molecular flexibility index (Phi) is 7.16. The summed E-state index contributed by atoms with van der Waals surface area (Å²) < 4.78 is 41.6. The molecule has 1 aromatic rings. The zero-order valence-corrected chi connectivity index (χ0v) is 23.1. The topological polar surface area (TPSA) is 237 Å². The number of nitrogens with zero attached hydrogens (tertiary/aromatic N) is 1. The third-order valence-corrected chi connectivity index (χ3v) is 9.01. The molecule has 0 unspecified atom stereocenters. The van der Waals surface area contributed by atoms with Crippen LogP contribution >= 0.6 is 0 Å². The van der Waals surface area contributed by atoms with Crippen LogP contribution in [0.3, 0.4) is 0 Å². The van der Waals surface area contributed by atoms with Crippen LogP contribution in [0.5, 0.6) is 5.75 Å². The zero-order valence-electron chi connectivity index (χ0n) is 22.3. The van der Waals surface area contributed by atoms with Crippen LogP contribution in [0.1, 0.15) is 35.2 Å². The summed E-state index contributed by atoms with van der Waals surface area (Å²) in [7, 11) is -4.16. The molecule has 42 heavy (non-hydrogen) atoms. The average Bonchev–Trinajstić information content (AvgIpc) is 3.39. The fourth-order valence-corrected chi connectivity index (χ4v) is 7.23. The van der Waals surface area contributed by atoms with Crippen molar-refractivity contribution in [2.45, 2.75) is 37.3 Å². The van der Waals surface area contributed by atoms with Crippen molar-refractivity contribution in [2.24, 2.45) is 17.6 Å². The van der Waals surface area contributed by atoms with E-state index >= 15 is 4.39 Å². The number of amides is 2. The lowest BCUT2D eigenvalue weighted by Gasteiger charge is -2.48. The molecule has 3 aliphatic carbocycles. The van der Waals surface area contributed by atoms with Gasteiger partial charge in [0.05, 0.1) is 30.1 Å². The monoisotopic (exact) mass is 608 g/mol. The number of benzene rings is 1. The number of phenols is 1. The van der Waals surface area contributed by atoms with Crippen molar-refractivity contribution in [3.05, 3.63) is 45.7 Å². The van der Waals surface area contributed by atoms with Gasteiger partial charge in [0, 0.05) is 23.1 Å². The minimum absolute atomic E-state index is 0.0259. The zero-order chi connectivity index (χ0) is 30.9. The van der Waals surface area contributed by atoms with Gasteiger partial charge in [0.15, 0.2) is 17.1 Å². The number of nitrogens with one attached hydrogen (secondary N) is 2. The summed E-state index contributed by atoms with van der Waals surface area (Å²) in [6, 6.07) is -0.972. The van der Waals surface area contributed by atoms with Crippen molar-refractivity contribution in [2.75, 3.05) is 31.2 Å². The number of rotatable bonds is 6. The highest BCUT2D eigenvalue weighted by Gasteiger charge is 2.63. The van der Waals surface area contributed by atoms with E-state index in [-0.39, 0.29) is 18.5 Å². The van der Waals surface area contributed by atoms with E-state index in [1.54, 1.807) is 0 Å². The van der Waals surface area contributed by atoms with Gasteiger partial charge in [-0.25, -0.2) is 17.5 Å². The molecule has 0 aromatic heterocycles. The maximum Gasteiger partial charge on any atom is 0.255 e. The number of anilines is 1. The largest absolute Gasteiger partial charge is 0.510 e. The van der Waals surface area contributed by atoms with Crippen molar-refractivity contribution < 1.29 is 52.4 Å². The number of sulfonamides is 1. The number of carbonyl (C=O) groups is 4. The van der Waals surface area contributed by atoms with Crippen LogP contribution in [0.2, 0.25) is 0 Å². The number of primary amides is 1. The number of aliphatic hydroxyl groups excluding tert-OH is 2. The number of halogens is 1. The number of allylic oxidation sites excluding steroid dienone is 1. The standard InChI is InChI=1S/C26H29FN4O10S/c1-42(40,41)30-19-12-7-10-6-11-13(27)8-14(29-15(32)9-31-4-2-3-5-31)20(33)17(11)21(34)16(10)23(36)26(12,39)24(37)18(22(19)35)25(28)38/h8,10,12,19,30,33,35-36,39H,2-7,9H2,1H3,(H2,28,38)(H,29,32)/t10-,12-,19-,26-/m0/s1. The van der Waals surface area contributed by atoms with E-state index in [0.717, 1.165) is 18.9 Å². The number of nitrogens with two attached hydrogens (primary N) is 1. The van der Waals surface area contributed by atoms with E-state index in [1.165, 1.54) is 0 Å². The first kappa shape index (κ1) is 29.6. The van der Waals surface area contributed by atoms with Crippen LogP contribution in [0.15, 0.2) is 28.7 Å². The van der Waals surface area contributed by atoms with Crippen LogP contribution in [0.25, 0.3) is 0 Å². The first-order valence-electron chi connectivity index (χ1n) is 13.1. The number of aliphatic hydroxyl groups is 3. The first-order chi connectivity index (χ1) is 19.6. The minimum atomic E-state index is -4.16. The van der Waals surface area contributed by atoms with E-state index in [1.807, 2.05) is 9.62 Å². The highest BCUT2D eigenvalue weighted by atomic mass is 32.2. The van der Waals surface area contributed by atoms with Gasteiger partial charge in [0.2, 0.25) is 21.7 Å². The third-order valence-electron chi connectivity index (χ3n) is 8.33. The van der Waals surface area contributed by atoms with Crippen LogP contribution in [0, 0.1) is 17.7 Å².